The zero-order chi connectivity index (χ0) is 0. The molecule has 0 aromatic carbocycles. The molecule has 0 rings (SSSR count). The van der Waals surface area contributed by atoms with E-state index >= 15 is 0 Å². The van der Waals surface area contributed by atoms with Crippen molar-refractivity contribution < 1.29 is 0 Å². The molecule has 0 unspecified atom stereocenters. The van der Waals surface area contributed by atoms with Crippen LogP contribution in [0.2, 0.25) is 0 Å². The summed E-state index contributed by atoms with van der Waals surface area (Å²) in [6, 6.07) is 0. The van der Waals surface area contributed by atoms with Crippen molar-refractivity contribution in [3.63, 3.8) is 0 Å². The van der Waals surface area contributed by atoms with Crippen LogP contribution >= 0.6 is 0 Å². The van der Waals surface area contributed by atoms with Crippen LogP contribution in [0.15, 0.2) is 0 Å². The Kier molecular flexibility index (Phi) is 3690. The molecule has 0 aliphatic heterocycles. The fraction of sp³-hybridized carbons (Fsp3) is 0. The van der Waals surface area contributed by atoms with E-state index in [1.165, 1.54) is 0 Å². The average Bonchev–Trinajstić information content (AvgIpc) is 0. The molecule has 0 saturated carbocycles. The maximum absolute atomic E-state index is 0. The molecule has 0 atom stereocenters. The summed E-state index contributed by atoms with van der Waals surface area (Å²) in [4.78, 5) is 0. The van der Waals surface area contributed by atoms with Crippen molar-refractivity contribution in [2.75, 3.05) is 0 Å². The molecule has 4 nitrogen and oxygen atoms in total. The number of rotatable bonds is 0. The van der Waals surface area contributed by atoms with Gasteiger partial charge in [0.15, 0.2) is 0 Å². The van der Waals surface area contributed by atoms with E-state index in [-0.39, 0.29) is 129 Å². The molecule has 0 bridgehead atoms. The van der Waals surface area contributed by atoms with Gasteiger partial charge in [0.1, 0.15) is 0 Å². The van der Waals surface area contributed by atoms with Crippen LogP contribution in [0.4, 0.5) is 0 Å². The second-order valence-electron chi connectivity index (χ2n) is 0. The van der Waals surface area contributed by atoms with E-state index in [1.54, 1.807) is 0 Å². The fourth-order valence-corrected chi connectivity index (χ4v) is 0. The first-order chi connectivity index (χ1) is 0. The predicted molar refractivity (Wildman–Crippen MR) is 64.7 cm³/mol. The van der Waals surface area contributed by atoms with Gasteiger partial charge in [-0.3, -0.25) is 0 Å². The SMILES string of the molecule is [N-3].[N-3].[N-3].[N-3].[SiH4].[SiH4].[SiH4].[Sn+4].[Sn+4].[Sn+4]. The summed E-state index contributed by atoms with van der Waals surface area (Å²) < 4.78 is 0. The molecule has 0 aliphatic carbocycles. The Morgan fingerprint density at radius 1 is 0.300 bits per heavy atom. The van der Waals surface area contributed by atoms with Gasteiger partial charge in [-0.05, 0) is 32.9 Å². The van der Waals surface area contributed by atoms with E-state index in [0.29, 0.717) is 0 Å². The summed E-state index contributed by atoms with van der Waals surface area (Å²) in [5, 5.41) is 0. The van der Waals surface area contributed by atoms with E-state index in [2.05, 4.69) is 0 Å². The summed E-state index contributed by atoms with van der Waals surface area (Å²) in [6.45, 7) is 0. The van der Waals surface area contributed by atoms with Crippen molar-refractivity contribution in [2.45, 2.75) is 0 Å². The van der Waals surface area contributed by atoms with Gasteiger partial charge >= 0.3 is 71.7 Å². The molecule has 0 aromatic heterocycles. The van der Waals surface area contributed by atoms with Crippen LogP contribution < -0.4 is 0 Å². The van der Waals surface area contributed by atoms with Crippen molar-refractivity contribution in [3.05, 3.63) is 24.6 Å². The zero-order valence-corrected chi connectivity index (χ0v) is 11.9. The van der Waals surface area contributed by atoms with Gasteiger partial charge in [0, 0.05) is 0 Å². The number of nitrogens with zero attached hydrogens (tertiary/aromatic N) is 4. The predicted octanol–water partition coefficient (Wildman–Crippen LogP) is -4.34. The molecule has 0 aliphatic rings. The van der Waals surface area contributed by atoms with Crippen LogP contribution in [-0.2, 0) is 0 Å². The Morgan fingerprint density at radius 2 is 0.300 bits per heavy atom. The molecule has 10 heteroatoms. The molecule has 0 spiro atoms. The molecule has 56 valence electrons. The molecule has 10 heavy (non-hydrogen) atoms. The third kappa shape index (κ3) is 128. The van der Waals surface area contributed by atoms with Crippen molar-refractivity contribution in [2.24, 2.45) is 0 Å². The summed E-state index contributed by atoms with van der Waals surface area (Å²) in [5.74, 6) is 0. The minimum absolute atomic E-state index is 0. The number of hydrogen-bond donors (Lipinski definition) is 0. The zero-order valence-electron chi connectivity index (χ0n) is 3.29. The first kappa shape index (κ1) is 218. The minimum atomic E-state index is 0. The molecule has 0 N–H and O–H groups in total. The summed E-state index contributed by atoms with van der Waals surface area (Å²) in [6.07, 6.45) is 0. The molecular formula is H12N4Si3Sn3. The van der Waals surface area contributed by atoms with E-state index in [1.807, 2.05) is 0 Å². The largest absolute Gasteiger partial charge is 4.00 e. The van der Waals surface area contributed by atoms with Crippen LogP contribution in [0.5, 0.6) is 0 Å². The first-order valence-corrected chi connectivity index (χ1v) is 0. The van der Waals surface area contributed by atoms with Gasteiger partial charge in [0.25, 0.3) is 0 Å². The maximum atomic E-state index is 0. The second-order valence-corrected chi connectivity index (χ2v) is 0. The second kappa shape index (κ2) is 169. The third-order valence-electron chi connectivity index (χ3n) is 0. The number of hydrogen-bond acceptors (Lipinski definition) is 0. The molecule has 0 heterocycles. The Hall–Kier alpha value is 2.89. The van der Waals surface area contributed by atoms with E-state index in [9.17, 15) is 0 Å². The van der Waals surface area contributed by atoms with Gasteiger partial charge in [0.05, 0.1) is 0 Å². The third-order valence-corrected chi connectivity index (χ3v) is 0. The van der Waals surface area contributed by atoms with Crippen LogP contribution in [0.1, 0.15) is 0 Å². The van der Waals surface area contributed by atoms with E-state index in [4.69, 9.17) is 0 Å². The van der Waals surface area contributed by atoms with Crippen LogP contribution in [-0.4, -0.2) is 105 Å². The molecule has 0 fully saturated rings. The van der Waals surface area contributed by atoms with Gasteiger partial charge < -0.3 is 24.6 Å². The molecular weight excluding hydrogens is 496 g/mol. The quantitative estimate of drug-likeness (QED) is 0.294. The van der Waals surface area contributed by atoms with E-state index in [0.717, 1.165) is 0 Å². The average molecular weight is 509 g/mol. The summed E-state index contributed by atoms with van der Waals surface area (Å²) in [5.41, 5.74) is 0. The van der Waals surface area contributed by atoms with Gasteiger partial charge in [-0.15, -0.1) is 0 Å². The van der Waals surface area contributed by atoms with E-state index < -0.39 is 0 Å². The first-order valence-electron chi connectivity index (χ1n) is 0. The van der Waals surface area contributed by atoms with Gasteiger partial charge in [-0.1, -0.05) is 0 Å². The van der Waals surface area contributed by atoms with Gasteiger partial charge in [0.2, 0.25) is 0 Å². The monoisotopic (exact) mass is 512 g/mol. The summed E-state index contributed by atoms with van der Waals surface area (Å²) >= 11 is 0. The van der Waals surface area contributed by atoms with Gasteiger partial charge in [-0.2, -0.15) is 0 Å². The topological polar surface area (TPSA) is 122 Å². The standard InChI is InChI=1S/4N.3H4Si.3Sn/h;;;;3*1H4;;;/q4*-3;;;;3*+4. The minimum Gasteiger partial charge on any atom is -3.00 e. The fourth-order valence-electron chi connectivity index (χ4n) is 0. The van der Waals surface area contributed by atoms with Crippen molar-refractivity contribution in [1.82, 2.24) is 0 Å². The Bertz CT molecular complexity index is 15.7. The van der Waals surface area contributed by atoms with Crippen LogP contribution in [0.3, 0.4) is 0 Å². The molecule has 0 saturated heterocycles. The van der Waals surface area contributed by atoms with Crippen molar-refractivity contribution in [3.8, 4) is 0 Å². The Morgan fingerprint density at radius 3 is 0.300 bits per heavy atom. The Labute approximate surface area is 127 Å². The van der Waals surface area contributed by atoms with Crippen molar-refractivity contribution in [1.29, 1.82) is 0 Å². The summed E-state index contributed by atoms with van der Waals surface area (Å²) in [7, 11) is 0. The Balaban J connectivity index is 0. The molecule has 0 aromatic rings. The maximum Gasteiger partial charge on any atom is 4.00 e. The smallest absolute Gasteiger partial charge is 3.00 e. The molecule has 0 radical (unpaired) electrons. The normalized spacial score (nSPS) is 0. The van der Waals surface area contributed by atoms with Crippen LogP contribution in [0.25, 0.3) is 24.6 Å². The van der Waals surface area contributed by atoms with Crippen molar-refractivity contribution >= 4 is 105 Å². The van der Waals surface area contributed by atoms with Gasteiger partial charge in [-0.25, -0.2) is 0 Å². The van der Waals surface area contributed by atoms with Crippen LogP contribution in [0, 0.1) is 0 Å². The molecule has 0 amide bonds.